The van der Waals surface area contributed by atoms with Crippen LogP contribution >= 0.6 is 0 Å². The van der Waals surface area contributed by atoms with E-state index in [1.165, 1.54) is 12.1 Å². The normalized spacial score (nSPS) is 24.1. The number of aromatic nitrogens is 3. The summed E-state index contributed by atoms with van der Waals surface area (Å²) in [4.78, 5) is 44.5. The standard InChI is InChI=1S/C43H52F2N8O3/c1-5-46-41(54)32-19-36(34(45)15-26(32)4)49-40-39-37(47-24-52(39)25(2)3)20-35(48-40)27-8-9-33-38(16-27)53(30-17-29(18-30)51-12-6-7-28(44)21-51)42(55)43(33)10-13-50(14-11-43)31-22-56-23-31/h8-9,15-16,19-20,24-25,28-31H,5-7,10-14,17-18,21-23H2,1-4H3,(H,46,54)(H,48,49)/t28-,29?,30?/m1/s1. The number of likely N-dealkylation sites (tertiary alicyclic amines) is 2. The molecular formula is C43H52F2N8O3. The van der Waals surface area contributed by atoms with Gasteiger partial charge < -0.3 is 24.8 Å². The molecule has 13 heteroatoms. The maximum Gasteiger partial charge on any atom is 0.251 e. The molecule has 6 heterocycles. The van der Waals surface area contributed by atoms with Gasteiger partial charge in [-0.2, -0.15) is 0 Å². The minimum atomic E-state index is -0.782. The van der Waals surface area contributed by atoms with E-state index in [1.807, 2.05) is 17.6 Å². The van der Waals surface area contributed by atoms with Gasteiger partial charge >= 0.3 is 0 Å². The summed E-state index contributed by atoms with van der Waals surface area (Å²) in [5.74, 6) is -0.172. The largest absolute Gasteiger partial charge is 0.378 e. The van der Waals surface area contributed by atoms with Crippen molar-refractivity contribution >= 4 is 40.0 Å². The first kappa shape index (κ1) is 37.1. The molecule has 56 heavy (non-hydrogen) atoms. The van der Waals surface area contributed by atoms with E-state index in [1.54, 1.807) is 13.3 Å². The van der Waals surface area contributed by atoms with Gasteiger partial charge in [-0.3, -0.25) is 19.4 Å². The Morgan fingerprint density at radius 2 is 1.82 bits per heavy atom. The Kier molecular flexibility index (Phi) is 9.61. The summed E-state index contributed by atoms with van der Waals surface area (Å²) in [5, 5.41) is 6.07. The summed E-state index contributed by atoms with van der Waals surface area (Å²) >= 11 is 0. The first-order valence-electron chi connectivity index (χ1n) is 20.5. The summed E-state index contributed by atoms with van der Waals surface area (Å²) in [5.41, 5.74) is 5.33. The number of hydrogen-bond acceptors (Lipinski definition) is 8. The number of carbonyl (C=O) groups is 2. The van der Waals surface area contributed by atoms with E-state index >= 15 is 4.39 Å². The average molecular weight is 767 g/mol. The highest BCUT2D eigenvalue weighted by molar-refractivity contribution is 6.09. The number of aryl methyl sites for hydroxylation is 1. The molecule has 5 aliphatic rings. The first-order chi connectivity index (χ1) is 27.0. The second-order valence-corrected chi connectivity index (χ2v) is 16.8. The summed E-state index contributed by atoms with van der Waals surface area (Å²) in [6.07, 6.45) is 5.65. The predicted molar refractivity (Wildman–Crippen MR) is 213 cm³/mol. The lowest BCUT2D eigenvalue weighted by molar-refractivity contribution is -0.128. The molecule has 11 nitrogen and oxygen atoms in total. The number of imidazole rings is 1. The monoisotopic (exact) mass is 766 g/mol. The smallest absolute Gasteiger partial charge is 0.251 e. The van der Waals surface area contributed by atoms with Crippen LogP contribution in [-0.4, -0.2) is 106 Å². The number of benzene rings is 2. The quantitative estimate of drug-likeness (QED) is 0.195. The SMILES string of the molecule is CCNC(=O)c1cc(Nc2nc(-c3ccc4c(c3)N(C3CC(N5CCC[C@@H](F)C5)C3)C(=O)C43CCN(C4COC4)CC3)cc3ncn(C(C)C)c23)c(F)cc1C. The number of anilines is 3. The average Bonchev–Trinajstić information content (AvgIpc) is 3.67. The van der Waals surface area contributed by atoms with Crippen molar-refractivity contribution in [3.05, 3.63) is 65.2 Å². The van der Waals surface area contributed by atoms with E-state index in [2.05, 4.69) is 57.4 Å². The van der Waals surface area contributed by atoms with Crippen molar-refractivity contribution in [3.8, 4) is 11.3 Å². The Morgan fingerprint density at radius 3 is 2.52 bits per heavy atom. The van der Waals surface area contributed by atoms with Crippen LogP contribution in [0.2, 0.25) is 0 Å². The Bertz CT molecular complexity index is 2170. The molecule has 0 bridgehead atoms. The van der Waals surface area contributed by atoms with Crippen LogP contribution in [0.25, 0.3) is 22.3 Å². The van der Waals surface area contributed by atoms with Gasteiger partial charge in [0.25, 0.3) is 5.91 Å². The number of pyridine rings is 1. The number of nitrogens with one attached hydrogen (secondary N) is 2. The predicted octanol–water partition coefficient (Wildman–Crippen LogP) is 6.66. The maximum atomic E-state index is 15.6. The Hall–Kier alpha value is -4.46. The molecule has 2 aromatic heterocycles. The number of hydrogen-bond donors (Lipinski definition) is 2. The summed E-state index contributed by atoms with van der Waals surface area (Å²) in [6.45, 7) is 12.7. The number of halogens is 2. The number of fused-ring (bicyclic) bond motifs is 3. The number of piperidine rings is 2. The van der Waals surface area contributed by atoms with E-state index < -0.39 is 17.4 Å². The molecule has 1 atom stereocenters. The molecule has 2 aromatic carbocycles. The molecule has 4 aromatic rings. The second-order valence-electron chi connectivity index (χ2n) is 16.8. The van der Waals surface area contributed by atoms with Gasteiger partial charge in [0.15, 0.2) is 5.82 Å². The van der Waals surface area contributed by atoms with Crippen LogP contribution in [0, 0.1) is 12.7 Å². The maximum absolute atomic E-state index is 15.6. The molecule has 0 unspecified atom stereocenters. The number of alkyl halides is 1. The number of rotatable bonds is 9. The van der Waals surface area contributed by atoms with Gasteiger partial charge in [0, 0.05) is 48.0 Å². The lowest BCUT2D eigenvalue weighted by Gasteiger charge is -2.49. The van der Waals surface area contributed by atoms with E-state index in [4.69, 9.17) is 14.7 Å². The summed E-state index contributed by atoms with van der Waals surface area (Å²) in [7, 11) is 0. The molecule has 1 saturated carbocycles. The van der Waals surface area contributed by atoms with E-state index in [9.17, 15) is 14.0 Å². The molecule has 4 aliphatic heterocycles. The third-order valence-electron chi connectivity index (χ3n) is 13.1. The zero-order valence-corrected chi connectivity index (χ0v) is 32.8. The Morgan fingerprint density at radius 1 is 1.04 bits per heavy atom. The fraction of sp³-hybridized carbons (Fsp3) is 0.535. The highest BCUT2D eigenvalue weighted by Gasteiger charge is 2.56. The van der Waals surface area contributed by atoms with Crippen LogP contribution in [-0.2, 0) is 14.9 Å². The second kappa shape index (κ2) is 14.5. The molecular weight excluding hydrogens is 715 g/mol. The molecule has 3 saturated heterocycles. The van der Waals surface area contributed by atoms with Crippen LogP contribution in [0.4, 0.5) is 26.0 Å². The zero-order valence-electron chi connectivity index (χ0n) is 32.8. The van der Waals surface area contributed by atoms with Gasteiger partial charge in [-0.1, -0.05) is 12.1 Å². The van der Waals surface area contributed by atoms with Crippen LogP contribution < -0.4 is 15.5 Å². The fourth-order valence-electron chi connectivity index (χ4n) is 9.74. The van der Waals surface area contributed by atoms with Crippen molar-refractivity contribution in [2.45, 2.75) is 102 Å². The molecule has 2 N–H and O–H groups in total. The molecule has 2 amide bonds. The van der Waals surface area contributed by atoms with Crippen molar-refractivity contribution in [1.82, 2.24) is 29.7 Å². The van der Waals surface area contributed by atoms with Gasteiger partial charge in [0.2, 0.25) is 5.91 Å². The third-order valence-corrected chi connectivity index (χ3v) is 13.1. The third kappa shape index (κ3) is 6.26. The molecule has 296 valence electrons. The minimum absolute atomic E-state index is 0.0388. The highest BCUT2D eigenvalue weighted by Crippen LogP contribution is 2.52. The van der Waals surface area contributed by atoms with E-state index in [0.29, 0.717) is 53.7 Å². The summed E-state index contributed by atoms with van der Waals surface area (Å²) in [6, 6.07) is 11.9. The van der Waals surface area contributed by atoms with Gasteiger partial charge in [-0.25, -0.2) is 18.7 Å². The molecule has 1 spiro atoms. The molecule has 4 fully saturated rings. The minimum Gasteiger partial charge on any atom is -0.378 e. The van der Waals surface area contributed by atoms with Crippen molar-refractivity contribution in [2.75, 3.05) is 56.2 Å². The van der Waals surface area contributed by atoms with Crippen molar-refractivity contribution in [3.63, 3.8) is 0 Å². The topological polar surface area (TPSA) is 108 Å². The Labute approximate surface area is 326 Å². The number of ether oxygens (including phenoxy) is 1. The van der Waals surface area contributed by atoms with Crippen LogP contribution in [0.3, 0.4) is 0 Å². The van der Waals surface area contributed by atoms with Gasteiger partial charge in [0.1, 0.15) is 17.5 Å². The highest BCUT2D eigenvalue weighted by atomic mass is 19.1. The van der Waals surface area contributed by atoms with E-state index in [-0.39, 0.29) is 35.6 Å². The van der Waals surface area contributed by atoms with Crippen molar-refractivity contribution in [2.24, 2.45) is 0 Å². The van der Waals surface area contributed by atoms with Gasteiger partial charge in [0.05, 0.1) is 47.9 Å². The molecule has 9 rings (SSSR count). The van der Waals surface area contributed by atoms with Crippen LogP contribution in [0.15, 0.2) is 42.7 Å². The first-order valence-corrected chi connectivity index (χ1v) is 20.5. The van der Waals surface area contributed by atoms with Crippen molar-refractivity contribution in [1.29, 1.82) is 0 Å². The lowest BCUT2D eigenvalue weighted by atomic mass is 9.73. The lowest BCUT2D eigenvalue weighted by Crippen LogP contribution is -2.60. The van der Waals surface area contributed by atoms with Gasteiger partial charge in [-0.05, 0) is 121 Å². The van der Waals surface area contributed by atoms with Crippen molar-refractivity contribution < 1.29 is 23.1 Å². The number of amides is 2. The van der Waals surface area contributed by atoms with E-state index in [0.717, 1.165) is 87.3 Å². The van der Waals surface area contributed by atoms with Crippen LogP contribution in [0.1, 0.15) is 86.8 Å². The van der Waals surface area contributed by atoms with Gasteiger partial charge in [-0.15, -0.1) is 0 Å². The Balaban J connectivity index is 1.09. The fourth-order valence-corrected chi connectivity index (χ4v) is 9.74. The van der Waals surface area contributed by atoms with Crippen LogP contribution in [0.5, 0.6) is 0 Å². The zero-order chi connectivity index (χ0) is 38.9. The molecule has 1 aliphatic carbocycles. The molecule has 0 radical (unpaired) electrons. The number of carbonyl (C=O) groups excluding carboxylic acids is 2. The summed E-state index contributed by atoms with van der Waals surface area (Å²) < 4.78 is 37.5. The number of nitrogens with zero attached hydrogens (tertiary/aromatic N) is 6.